The first-order chi connectivity index (χ1) is 27.8. The van der Waals surface area contributed by atoms with E-state index >= 15 is 0 Å². The molecule has 1 aromatic rings. The molecule has 9 nitrogen and oxygen atoms in total. The molecule has 1 saturated heterocycles. The topological polar surface area (TPSA) is 113 Å². The number of nitrogens with one attached hydrogen (secondary N) is 1. The number of hydrogen-bond acceptors (Lipinski definition) is 8. The molecule has 2 N–H and O–H groups in total. The normalized spacial score (nSPS) is 19.9. The van der Waals surface area contributed by atoms with E-state index in [4.69, 9.17) is 23.4 Å². The number of carbonyl (C=O) groups is 2. The second kappa shape index (κ2) is 30.1. The Labute approximate surface area is 355 Å². The quantitative estimate of drug-likeness (QED) is 0.0409. The first-order valence-electron chi connectivity index (χ1n) is 23.5. The molecule has 2 unspecified atom stereocenters. The molecular formula is C48H87NO8Si. The summed E-state index contributed by atoms with van der Waals surface area (Å²) in [5.74, 6) is 0.228. The lowest BCUT2D eigenvalue weighted by molar-refractivity contribution is -0.257. The van der Waals surface area contributed by atoms with Crippen LogP contribution >= 0.6 is 0 Å². The summed E-state index contributed by atoms with van der Waals surface area (Å²) in [6.07, 6.45) is 22.8. The molecule has 1 heterocycles. The smallest absolute Gasteiger partial charge is 0.306 e. The van der Waals surface area contributed by atoms with Gasteiger partial charge in [-0.25, -0.2) is 0 Å². The molecule has 0 radical (unpaired) electrons. The highest BCUT2D eigenvalue weighted by atomic mass is 28.4. The van der Waals surface area contributed by atoms with Crippen LogP contribution in [0.3, 0.4) is 0 Å². The molecule has 336 valence electrons. The third kappa shape index (κ3) is 21.5. The molecule has 58 heavy (non-hydrogen) atoms. The monoisotopic (exact) mass is 834 g/mol. The Morgan fingerprint density at radius 3 is 1.66 bits per heavy atom. The van der Waals surface area contributed by atoms with Crippen LogP contribution in [-0.4, -0.2) is 69.7 Å². The van der Waals surface area contributed by atoms with Crippen molar-refractivity contribution in [3.8, 4) is 5.75 Å². The maximum Gasteiger partial charge on any atom is 0.306 e. The van der Waals surface area contributed by atoms with Crippen LogP contribution in [0.5, 0.6) is 5.75 Å². The van der Waals surface area contributed by atoms with Gasteiger partial charge in [-0.3, -0.25) is 9.59 Å². The number of methoxy groups -OCH3 is 1. The molecule has 0 bridgehead atoms. The zero-order valence-electron chi connectivity index (χ0n) is 38.4. The average molecular weight is 834 g/mol. The number of aliphatic hydroxyl groups excluding tert-OH is 1. The number of ether oxygens (including phenoxy) is 4. The van der Waals surface area contributed by atoms with E-state index in [2.05, 4.69) is 53.0 Å². The summed E-state index contributed by atoms with van der Waals surface area (Å²) in [4.78, 5) is 27.1. The summed E-state index contributed by atoms with van der Waals surface area (Å²) in [5.41, 5.74) is 0.947. The van der Waals surface area contributed by atoms with Gasteiger partial charge in [0.1, 0.15) is 24.0 Å². The van der Waals surface area contributed by atoms with Gasteiger partial charge < -0.3 is 33.8 Å². The Morgan fingerprint density at radius 1 is 0.724 bits per heavy atom. The van der Waals surface area contributed by atoms with Gasteiger partial charge in [0.2, 0.25) is 5.91 Å². The van der Waals surface area contributed by atoms with Gasteiger partial charge in [0.05, 0.1) is 20.3 Å². The molecule has 0 aromatic heterocycles. The van der Waals surface area contributed by atoms with Crippen molar-refractivity contribution in [3.05, 3.63) is 29.8 Å². The van der Waals surface area contributed by atoms with Crippen LogP contribution in [0, 0.1) is 0 Å². The van der Waals surface area contributed by atoms with Gasteiger partial charge in [0, 0.05) is 12.8 Å². The van der Waals surface area contributed by atoms with Crippen molar-refractivity contribution < 1.29 is 38.1 Å². The lowest BCUT2D eigenvalue weighted by atomic mass is 9.96. The molecule has 2 rings (SSSR count). The highest BCUT2D eigenvalue weighted by molar-refractivity contribution is 6.74. The molecule has 5 atom stereocenters. The Morgan fingerprint density at radius 2 is 1.19 bits per heavy atom. The summed E-state index contributed by atoms with van der Waals surface area (Å²) in [5, 5.41) is 14.8. The van der Waals surface area contributed by atoms with Crippen molar-refractivity contribution in [1.82, 2.24) is 5.32 Å². The summed E-state index contributed by atoms with van der Waals surface area (Å²) in [7, 11) is -0.826. The van der Waals surface area contributed by atoms with E-state index in [1.54, 1.807) is 7.11 Å². The van der Waals surface area contributed by atoms with E-state index in [-0.39, 0.29) is 29.9 Å². The lowest BCUT2D eigenvalue weighted by Crippen LogP contribution is -2.67. The van der Waals surface area contributed by atoms with Crippen LogP contribution in [0.2, 0.25) is 18.1 Å². The largest absolute Gasteiger partial charge is 0.497 e. The van der Waals surface area contributed by atoms with Crippen molar-refractivity contribution in [2.24, 2.45) is 0 Å². The minimum absolute atomic E-state index is 0.0522. The zero-order valence-corrected chi connectivity index (χ0v) is 39.4. The zero-order chi connectivity index (χ0) is 42.7. The van der Waals surface area contributed by atoms with Gasteiger partial charge in [-0.1, -0.05) is 175 Å². The summed E-state index contributed by atoms with van der Waals surface area (Å²) >= 11 is 0. The number of unbranched alkanes of at least 4 members (excludes halogenated alkanes) is 20. The fraction of sp³-hybridized carbons (Fsp3) is 0.833. The number of amides is 1. The van der Waals surface area contributed by atoms with E-state index in [1.807, 2.05) is 24.3 Å². The van der Waals surface area contributed by atoms with E-state index < -0.39 is 39.0 Å². The molecule has 0 aliphatic carbocycles. The minimum atomic E-state index is -2.46. The van der Waals surface area contributed by atoms with E-state index in [9.17, 15) is 14.7 Å². The predicted molar refractivity (Wildman–Crippen MR) is 240 cm³/mol. The van der Waals surface area contributed by atoms with Crippen LogP contribution in [0.15, 0.2) is 24.3 Å². The first-order valence-corrected chi connectivity index (χ1v) is 26.4. The molecule has 0 saturated carbocycles. The second-order valence-electron chi connectivity index (χ2n) is 18.4. The third-order valence-electron chi connectivity index (χ3n) is 12.2. The molecular weight excluding hydrogens is 747 g/mol. The van der Waals surface area contributed by atoms with Crippen molar-refractivity contribution >= 4 is 20.2 Å². The molecule has 0 spiro atoms. The van der Waals surface area contributed by atoms with E-state index in [1.165, 1.54) is 103 Å². The second-order valence-corrected chi connectivity index (χ2v) is 23.2. The SMILES string of the molecule is CCCCCCCCCCCCCC(=O)NC1[C@H](O[Si](C)(C)C(C)(C)C)OC(COCc2ccc(OC)cc2)[C@@H](O)[C@@H]1OC(=O)CCCCCCCCCCCCC. The molecule has 10 heteroatoms. The van der Waals surface area contributed by atoms with Crippen molar-refractivity contribution in [3.63, 3.8) is 0 Å². The van der Waals surface area contributed by atoms with Gasteiger partial charge in [-0.05, 0) is 48.7 Å². The average Bonchev–Trinajstić information content (AvgIpc) is 3.18. The highest BCUT2D eigenvalue weighted by Gasteiger charge is 2.52. The molecule has 1 aliphatic rings. The van der Waals surface area contributed by atoms with Crippen LogP contribution in [0.25, 0.3) is 0 Å². The minimum Gasteiger partial charge on any atom is -0.497 e. The summed E-state index contributed by atoms with van der Waals surface area (Å²) < 4.78 is 30.9. The van der Waals surface area contributed by atoms with Crippen LogP contribution in [0.1, 0.15) is 194 Å². The van der Waals surface area contributed by atoms with Crippen LogP contribution in [-0.2, 0) is 34.8 Å². The fourth-order valence-electron chi connectivity index (χ4n) is 7.28. The van der Waals surface area contributed by atoms with Gasteiger partial charge in [-0.2, -0.15) is 0 Å². The Kier molecular flexibility index (Phi) is 27.1. The number of carbonyl (C=O) groups excluding carboxylic acids is 2. The highest BCUT2D eigenvalue weighted by Crippen LogP contribution is 2.39. The van der Waals surface area contributed by atoms with Gasteiger partial charge >= 0.3 is 5.97 Å². The third-order valence-corrected chi connectivity index (χ3v) is 16.6. The fourth-order valence-corrected chi connectivity index (χ4v) is 8.42. The van der Waals surface area contributed by atoms with Crippen molar-refractivity contribution in [1.29, 1.82) is 0 Å². The lowest BCUT2D eigenvalue weighted by Gasteiger charge is -2.48. The maximum absolute atomic E-state index is 13.6. The standard InChI is InChI=1S/C48H87NO8Si/c1-9-11-13-15-17-19-21-23-25-27-29-31-42(50)49-44-46(56-43(51)32-30-28-26-24-22-20-18-16-14-12-10-2)45(52)41(55-47(44)57-58(7,8)48(3,4)5)38-54-37-39-33-35-40(53-6)36-34-39/h33-36,41,44-47,52H,9-32,37-38H2,1-8H3,(H,49,50)/t41?,44?,45-,46-,47+/m1/s1. The van der Waals surface area contributed by atoms with Gasteiger partial charge in [0.15, 0.2) is 20.7 Å². The van der Waals surface area contributed by atoms with E-state index in [0.717, 1.165) is 49.8 Å². The van der Waals surface area contributed by atoms with Crippen LogP contribution < -0.4 is 10.1 Å². The maximum atomic E-state index is 13.6. The number of benzene rings is 1. The number of rotatable bonds is 33. The first kappa shape index (κ1) is 52.2. The summed E-state index contributed by atoms with van der Waals surface area (Å²) in [6.45, 7) is 15.6. The Bertz CT molecular complexity index is 1210. The molecule has 1 fully saturated rings. The van der Waals surface area contributed by atoms with Crippen LogP contribution in [0.4, 0.5) is 0 Å². The Hall–Kier alpha value is -1.98. The molecule has 1 amide bonds. The summed E-state index contributed by atoms with van der Waals surface area (Å²) in [6, 6.07) is 6.75. The Balaban J connectivity index is 2.09. The number of aliphatic hydroxyl groups is 1. The molecule has 1 aromatic carbocycles. The van der Waals surface area contributed by atoms with Crippen molar-refractivity contribution in [2.45, 2.75) is 244 Å². The van der Waals surface area contributed by atoms with E-state index in [0.29, 0.717) is 13.0 Å². The van der Waals surface area contributed by atoms with Gasteiger partial charge in [0.25, 0.3) is 0 Å². The van der Waals surface area contributed by atoms with Gasteiger partial charge in [-0.15, -0.1) is 0 Å². The number of hydrogen-bond donors (Lipinski definition) is 2. The van der Waals surface area contributed by atoms with Crippen molar-refractivity contribution in [2.75, 3.05) is 13.7 Å². The number of esters is 1. The predicted octanol–water partition coefficient (Wildman–Crippen LogP) is 12.1. The molecule has 1 aliphatic heterocycles.